The van der Waals surface area contributed by atoms with Gasteiger partial charge in [-0.05, 0) is 12.1 Å². The van der Waals surface area contributed by atoms with Gasteiger partial charge in [0.2, 0.25) is 0 Å². The van der Waals surface area contributed by atoms with Crippen LogP contribution in [0, 0.1) is 0 Å². The van der Waals surface area contributed by atoms with Crippen molar-refractivity contribution in [3.63, 3.8) is 0 Å². The summed E-state index contributed by atoms with van der Waals surface area (Å²) in [5.74, 6) is -9.00. The van der Waals surface area contributed by atoms with Gasteiger partial charge >= 0.3 is 18.0 Å². The summed E-state index contributed by atoms with van der Waals surface area (Å²) in [6.07, 6.45) is -5.19. The van der Waals surface area contributed by atoms with Crippen molar-refractivity contribution in [2.45, 2.75) is 18.1 Å². The number of carbonyl (C=O) groups is 3. The second kappa shape index (κ2) is 10.5. The SMILES string of the molecule is NC(=NC(=O)C(F)(F)F)c1ccc(C(=O)NCC2COCCN2C(=O)C(F)(F)c2ccccc2)s1. The van der Waals surface area contributed by atoms with Crippen molar-refractivity contribution in [3.05, 3.63) is 57.8 Å². The van der Waals surface area contributed by atoms with Crippen LogP contribution in [0.3, 0.4) is 0 Å². The Hall–Kier alpha value is -3.39. The van der Waals surface area contributed by atoms with Gasteiger partial charge in [0.15, 0.2) is 0 Å². The van der Waals surface area contributed by atoms with Gasteiger partial charge in [-0.15, -0.1) is 11.3 Å². The largest absolute Gasteiger partial charge is 0.473 e. The third-order valence-corrected chi connectivity index (χ3v) is 6.04. The minimum atomic E-state index is -5.19. The molecule has 1 aliphatic rings. The molecule has 0 radical (unpaired) electrons. The molecule has 3 amide bonds. The quantitative estimate of drug-likeness (QED) is 0.346. The Kier molecular flexibility index (Phi) is 7.85. The molecule has 1 aromatic carbocycles. The monoisotopic (exact) mass is 518 g/mol. The van der Waals surface area contributed by atoms with E-state index in [0.29, 0.717) is 11.3 Å². The van der Waals surface area contributed by atoms with Crippen LogP contribution in [-0.2, 0) is 20.2 Å². The van der Waals surface area contributed by atoms with E-state index in [-0.39, 0.29) is 36.1 Å². The van der Waals surface area contributed by atoms with Crippen molar-refractivity contribution in [2.75, 3.05) is 26.3 Å². The summed E-state index contributed by atoms with van der Waals surface area (Å²) < 4.78 is 71.8. The molecule has 1 saturated heterocycles. The Morgan fingerprint density at radius 3 is 2.40 bits per heavy atom. The van der Waals surface area contributed by atoms with E-state index in [9.17, 15) is 36.3 Å². The first-order valence-corrected chi connectivity index (χ1v) is 10.9. The lowest BCUT2D eigenvalue weighted by Crippen LogP contribution is -2.56. The first-order chi connectivity index (χ1) is 16.4. The lowest BCUT2D eigenvalue weighted by atomic mass is 10.1. The highest BCUT2D eigenvalue weighted by atomic mass is 32.1. The molecule has 188 valence electrons. The molecule has 3 rings (SSSR count). The van der Waals surface area contributed by atoms with Gasteiger partial charge in [0.25, 0.3) is 11.8 Å². The van der Waals surface area contributed by atoms with Crippen LogP contribution in [0.1, 0.15) is 20.1 Å². The molecule has 0 aliphatic carbocycles. The Balaban J connectivity index is 1.66. The molecule has 0 bridgehead atoms. The Bertz CT molecular complexity index is 1120. The predicted octanol–water partition coefficient (Wildman–Crippen LogP) is 2.29. The predicted molar refractivity (Wildman–Crippen MR) is 115 cm³/mol. The van der Waals surface area contributed by atoms with Crippen LogP contribution in [0.2, 0.25) is 0 Å². The second-order valence-corrected chi connectivity index (χ2v) is 8.43. The molecule has 1 unspecified atom stereocenters. The van der Waals surface area contributed by atoms with Crippen molar-refractivity contribution < 1.29 is 41.1 Å². The highest BCUT2D eigenvalue weighted by molar-refractivity contribution is 7.16. The Morgan fingerprint density at radius 2 is 1.74 bits per heavy atom. The molecule has 2 aromatic rings. The summed E-state index contributed by atoms with van der Waals surface area (Å²) in [5, 5.41) is 2.49. The van der Waals surface area contributed by atoms with Crippen LogP contribution < -0.4 is 11.1 Å². The maximum absolute atomic E-state index is 14.8. The van der Waals surface area contributed by atoms with Crippen molar-refractivity contribution >= 4 is 34.9 Å². The fourth-order valence-electron chi connectivity index (χ4n) is 3.17. The molecule has 1 aliphatic heterocycles. The molecular weight excluding hydrogens is 499 g/mol. The molecule has 14 heteroatoms. The number of morpholine rings is 1. The van der Waals surface area contributed by atoms with Crippen molar-refractivity contribution in [1.82, 2.24) is 10.2 Å². The first-order valence-electron chi connectivity index (χ1n) is 10.1. The van der Waals surface area contributed by atoms with E-state index in [0.717, 1.165) is 17.0 Å². The number of thiophene rings is 1. The van der Waals surface area contributed by atoms with Crippen LogP contribution in [0.4, 0.5) is 22.0 Å². The third-order valence-electron chi connectivity index (χ3n) is 4.94. The molecule has 3 N–H and O–H groups in total. The normalized spacial score (nSPS) is 17.2. The number of nitrogens with two attached hydrogens (primary N) is 1. The number of ether oxygens (including phenoxy) is 1. The van der Waals surface area contributed by atoms with Crippen molar-refractivity contribution in [2.24, 2.45) is 10.7 Å². The van der Waals surface area contributed by atoms with E-state index < -0.39 is 47.3 Å². The average Bonchev–Trinajstić information content (AvgIpc) is 3.33. The maximum atomic E-state index is 14.8. The molecule has 0 saturated carbocycles. The fraction of sp³-hybridized carbons (Fsp3) is 0.333. The number of nitrogens with zero attached hydrogens (tertiary/aromatic N) is 2. The smallest absolute Gasteiger partial charge is 0.382 e. The molecule has 0 spiro atoms. The van der Waals surface area contributed by atoms with E-state index in [2.05, 4.69) is 10.3 Å². The van der Waals surface area contributed by atoms with Gasteiger partial charge in [-0.2, -0.15) is 26.9 Å². The molecule has 1 fully saturated rings. The third kappa shape index (κ3) is 6.19. The van der Waals surface area contributed by atoms with Crippen LogP contribution >= 0.6 is 11.3 Å². The summed E-state index contributed by atoms with van der Waals surface area (Å²) in [4.78, 5) is 39.8. The Morgan fingerprint density at radius 1 is 1.09 bits per heavy atom. The summed E-state index contributed by atoms with van der Waals surface area (Å²) in [6.45, 7) is -0.375. The van der Waals surface area contributed by atoms with Crippen LogP contribution in [-0.4, -0.2) is 67.0 Å². The molecule has 2 heterocycles. The van der Waals surface area contributed by atoms with Crippen LogP contribution in [0.25, 0.3) is 0 Å². The van der Waals surface area contributed by atoms with Crippen LogP contribution in [0.5, 0.6) is 0 Å². The molecule has 8 nitrogen and oxygen atoms in total. The summed E-state index contributed by atoms with van der Waals surface area (Å²) in [6, 6.07) is 8.17. The minimum absolute atomic E-state index is 0.0156. The van der Waals surface area contributed by atoms with Gasteiger partial charge in [0.1, 0.15) is 5.84 Å². The van der Waals surface area contributed by atoms with E-state index in [4.69, 9.17) is 10.5 Å². The van der Waals surface area contributed by atoms with E-state index in [1.165, 1.54) is 24.3 Å². The van der Waals surface area contributed by atoms with E-state index >= 15 is 0 Å². The number of nitrogens with one attached hydrogen (secondary N) is 1. The highest BCUT2D eigenvalue weighted by Gasteiger charge is 2.46. The molecular formula is C21H19F5N4O4S. The zero-order valence-electron chi connectivity index (χ0n) is 17.9. The summed E-state index contributed by atoms with van der Waals surface area (Å²) >= 11 is 0.678. The molecule has 35 heavy (non-hydrogen) atoms. The first kappa shape index (κ1) is 26.2. The average molecular weight is 518 g/mol. The van der Waals surface area contributed by atoms with Gasteiger partial charge in [0, 0.05) is 18.7 Å². The minimum Gasteiger partial charge on any atom is -0.382 e. The summed E-state index contributed by atoms with van der Waals surface area (Å²) in [7, 11) is 0. The van der Waals surface area contributed by atoms with Gasteiger partial charge in [0.05, 0.1) is 29.0 Å². The maximum Gasteiger partial charge on any atom is 0.473 e. The molecule has 1 aromatic heterocycles. The number of hydrogen-bond acceptors (Lipinski definition) is 5. The van der Waals surface area contributed by atoms with Crippen molar-refractivity contribution in [1.29, 1.82) is 0 Å². The number of amidine groups is 1. The number of amides is 3. The van der Waals surface area contributed by atoms with Gasteiger partial charge in [-0.1, -0.05) is 30.3 Å². The number of aliphatic imine (C=N–C) groups is 1. The zero-order chi connectivity index (χ0) is 25.8. The number of alkyl halides is 5. The van der Waals surface area contributed by atoms with Crippen LogP contribution in [0.15, 0.2) is 47.5 Å². The number of rotatable bonds is 6. The number of hydrogen-bond donors (Lipinski definition) is 2. The van der Waals surface area contributed by atoms with Gasteiger partial charge in [-0.3, -0.25) is 14.4 Å². The Labute approximate surface area is 199 Å². The van der Waals surface area contributed by atoms with Gasteiger partial charge in [-0.25, -0.2) is 0 Å². The lowest BCUT2D eigenvalue weighted by Gasteiger charge is -2.37. The highest BCUT2D eigenvalue weighted by Crippen LogP contribution is 2.31. The molecule has 1 atom stereocenters. The fourth-order valence-corrected chi connectivity index (χ4v) is 3.99. The summed E-state index contributed by atoms with van der Waals surface area (Å²) in [5.41, 5.74) is 4.95. The van der Waals surface area contributed by atoms with E-state index in [1.807, 2.05) is 0 Å². The van der Waals surface area contributed by atoms with Crippen molar-refractivity contribution in [3.8, 4) is 0 Å². The lowest BCUT2D eigenvalue weighted by molar-refractivity contribution is -0.169. The number of halogens is 5. The standard InChI is InChI=1S/C21H19F5N4O4S/c22-20(23,12-4-2-1-3-5-12)19(33)30-8-9-34-11-13(30)10-28-17(31)15-7-6-14(35-15)16(27)29-18(32)21(24,25)26/h1-7,13H,8-11H2,(H,28,31)(H2,27,29,32). The zero-order valence-corrected chi connectivity index (χ0v) is 18.7. The van der Waals surface area contributed by atoms with Gasteiger partial charge < -0.3 is 20.7 Å². The number of benzene rings is 1. The van der Waals surface area contributed by atoms with E-state index in [1.54, 1.807) is 6.07 Å². The topological polar surface area (TPSA) is 114 Å². The number of carbonyl (C=O) groups excluding carboxylic acids is 3. The second-order valence-electron chi connectivity index (χ2n) is 7.34.